The van der Waals surface area contributed by atoms with Crippen LogP contribution < -0.4 is 0 Å². The number of rotatable bonds is 5. The Morgan fingerprint density at radius 1 is 1.43 bits per heavy atom. The van der Waals surface area contributed by atoms with Gasteiger partial charge in [-0.25, -0.2) is 4.79 Å². The van der Waals surface area contributed by atoms with Crippen molar-refractivity contribution in [1.29, 1.82) is 0 Å². The van der Waals surface area contributed by atoms with E-state index in [0.29, 0.717) is 6.61 Å². The molecule has 0 spiro atoms. The van der Waals surface area contributed by atoms with Crippen molar-refractivity contribution in [3.63, 3.8) is 0 Å². The molecule has 0 radical (unpaired) electrons. The van der Waals surface area contributed by atoms with E-state index in [2.05, 4.69) is 0 Å². The van der Waals surface area contributed by atoms with Gasteiger partial charge in [0.05, 0.1) is 12.7 Å². The van der Waals surface area contributed by atoms with E-state index in [1.165, 1.54) is 6.08 Å². The van der Waals surface area contributed by atoms with Gasteiger partial charge in [-0.3, -0.25) is 0 Å². The highest BCUT2D eigenvalue weighted by Gasteiger charge is 2.15. The molecule has 0 rings (SSSR count). The molecule has 0 fully saturated rings. The Kier molecular flexibility index (Phi) is 6.21. The van der Waals surface area contributed by atoms with Crippen LogP contribution in [0.1, 0.15) is 27.7 Å². The molecule has 0 saturated carbocycles. The molecular formula is C11H20O3. The summed E-state index contributed by atoms with van der Waals surface area (Å²) >= 11 is 0. The standard InChI is InChI=1S/C11H20O3/c1-5-14-10(12)7-6-9(4)11(13)8(2)3/h6-9,11,13H,5H2,1-4H3/b7-6+/t9-,11-/m0/s1. The molecule has 3 nitrogen and oxygen atoms in total. The highest BCUT2D eigenvalue weighted by molar-refractivity contribution is 5.81. The summed E-state index contributed by atoms with van der Waals surface area (Å²) in [6, 6.07) is 0. The van der Waals surface area contributed by atoms with Crippen LogP contribution in [0.4, 0.5) is 0 Å². The van der Waals surface area contributed by atoms with E-state index in [-0.39, 0.29) is 17.8 Å². The first-order valence-electron chi connectivity index (χ1n) is 5.02. The van der Waals surface area contributed by atoms with Crippen LogP contribution in [0, 0.1) is 11.8 Å². The molecule has 3 heteroatoms. The summed E-state index contributed by atoms with van der Waals surface area (Å²) in [6.07, 6.45) is 2.64. The second-order valence-corrected chi connectivity index (χ2v) is 3.70. The van der Waals surface area contributed by atoms with Gasteiger partial charge in [0, 0.05) is 12.0 Å². The van der Waals surface area contributed by atoms with Crippen molar-refractivity contribution in [1.82, 2.24) is 0 Å². The Morgan fingerprint density at radius 2 is 2.00 bits per heavy atom. The molecule has 14 heavy (non-hydrogen) atoms. The fourth-order valence-corrected chi connectivity index (χ4v) is 1.14. The number of carbonyl (C=O) groups is 1. The molecule has 0 aliphatic carbocycles. The third kappa shape index (κ3) is 5.02. The quantitative estimate of drug-likeness (QED) is 0.543. The Morgan fingerprint density at radius 3 is 2.43 bits per heavy atom. The lowest BCUT2D eigenvalue weighted by Crippen LogP contribution is -2.22. The maximum atomic E-state index is 10.9. The van der Waals surface area contributed by atoms with E-state index < -0.39 is 6.10 Å². The Bertz CT molecular complexity index is 197. The molecule has 0 aromatic heterocycles. The van der Waals surface area contributed by atoms with Crippen molar-refractivity contribution >= 4 is 5.97 Å². The van der Waals surface area contributed by atoms with Crippen LogP contribution in [-0.2, 0) is 9.53 Å². The van der Waals surface area contributed by atoms with Crippen LogP contribution >= 0.6 is 0 Å². The fourth-order valence-electron chi connectivity index (χ4n) is 1.14. The fraction of sp³-hybridized carbons (Fsp3) is 0.727. The first-order valence-corrected chi connectivity index (χ1v) is 5.02. The van der Waals surface area contributed by atoms with Gasteiger partial charge < -0.3 is 9.84 Å². The van der Waals surface area contributed by atoms with E-state index >= 15 is 0 Å². The molecule has 0 aromatic carbocycles. The number of hydrogen-bond acceptors (Lipinski definition) is 3. The zero-order valence-electron chi connectivity index (χ0n) is 9.36. The molecule has 0 aliphatic rings. The van der Waals surface area contributed by atoms with Crippen LogP contribution in [0.3, 0.4) is 0 Å². The van der Waals surface area contributed by atoms with E-state index in [1.54, 1.807) is 13.0 Å². The van der Waals surface area contributed by atoms with Crippen molar-refractivity contribution in [2.45, 2.75) is 33.8 Å². The minimum atomic E-state index is -0.416. The third-order valence-electron chi connectivity index (χ3n) is 2.04. The van der Waals surface area contributed by atoms with Gasteiger partial charge in [0.25, 0.3) is 0 Å². The average molecular weight is 200 g/mol. The minimum absolute atomic E-state index is 0.0283. The summed E-state index contributed by atoms with van der Waals surface area (Å²) in [5, 5.41) is 9.63. The van der Waals surface area contributed by atoms with Crippen LogP contribution in [0.25, 0.3) is 0 Å². The van der Waals surface area contributed by atoms with E-state index in [1.807, 2.05) is 20.8 Å². The average Bonchev–Trinajstić information content (AvgIpc) is 2.13. The highest BCUT2D eigenvalue weighted by Crippen LogP contribution is 2.13. The molecule has 0 amide bonds. The first kappa shape index (κ1) is 13.2. The molecule has 0 heterocycles. The van der Waals surface area contributed by atoms with Crippen molar-refractivity contribution in [2.24, 2.45) is 11.8 Å². The predicted octanol–water partition coefficient (Wildman–Crippen LogP) is 1.76. The van der Waals surface area contributed by atoms with Gasteiger partial charge in [-0.1, -0.05) is 26.8 Å². The van der Waals surface area contributed by atoms with E-state index in [0.717, 1.165) is 0 Å². The van der Waals surface area contributed by atoms with Gasteiger partial charge in [-0.15, -0.1) is 0 Å². The number of hydrogen-bond donors (Lipinski definition) is 1. The lowest BCUT2D eigenvalue weighted by Gasteiger charge is -2.18. The molecular weight excluding hydrogens is 180 g/mol. The highest BCUT2D eigenvalue weighted by atomic mass is 16.5. The van der Waals surface area contributed by atoms with Crippen molar-refractivity contribution in [3.05, 3.63) is 12.2 Å². The lowest BCUT2D eigenvalue weighted by molar-refractivity contribution is -0.137. The van der Waals surface area contributed by atoms with Crippen LogP contribution in [-0.4, -0.2) is 23.8 Å². The summed E-state index contributed by atoms with van der Waals surface area (Å²) in [5.41, 5.74) is 0. The minimum Gasteiger partial charge on any atom is -0.463 e. The smallest absolute Gasteiger partial charge is 0.330 e. The van der Waals surface area contributed by atoms with Crippen molar-refractivity contribution in [3.8, 4) is 0 Å². The van der Waals surface area contributed by atoms with Crippen molar-refractivity contribution in [2.75, 3.05) is 6.61 Å². The number of aliphatic hydroxyl groups excluding tert-OH is 1. The van der Waals surface area contributed by atoms with E-state index in [9.17, 15) is 9.90 Å². The molecule has 0 unspecified atom stereocenters. The Labute approximate surface area is 85.8 Å². The predicted molar refractivity (Wildman–Crippen MR) is 55.8 cm³/mol. The molecule has 0 aromatic rings. The molecule has 1 N–H and O–H groups in total. The summed E-state index contributed by atoms with van der Waals surface area (Å²) in [7, 11) is 0. The maximum absolute atomic E-state index is 10.9. The summed E-state index contributed by atoms with van der Waals surface area (Å²) in [5.74, 6) is -0.188. The van der Waals surface area contributed by atoms with Gasteiger partial charge in [-0.2, -0.15) is 0 Å². The molecule has 0 saturated heterocycles. The number of ether oxygens (including phenoxy) is 1. The summed E-state index contributed by atoms with van der Waals surface area (Å²) in [4.78, 5) is 10.9. The van der Waals surface area contributed by atoms with Crippen LogP contribution in [0.2, 0.25) is 0 Å². The Hall–Kier alpha value is -0.830. The van der Waals surface area contributed by atoms with Gasteiger partial charge in [0.1, 0.15) is 0 Å². The van der Waals surface area contributed by atoms with Gasteiger partial charge in [0.15, 0.2) is 0 Å². The largest absolute Gasteiger partial charge is 0.463 e. The van der Waals surface area contributed by atoms with Gasteiger partial charge in [0.2, 0.25) is 0 Å². The SMILES string of the molecule is CCOC(=O)/C=C/[C@H](C)[C@@H](O)C(C)C. The Balaban J connectivity index is 4.04. The molecule has 0 aliphatic heterocycles. The zero-order chi connectivity index (χ0) is 11.1. The monoisotopic (exact) mass is 200 g/mol. The lowest BCUT2D eigenvalue weighted by atomic mass is 9.95. The normalized spacial score (nSPS) is 15.9. The molecule has 0 bridgehead atoms. The number of carbonyl (C=O) groups excluding carboxylic acids is 1. The summed E-state index contributed by atoms with van der Waals surface area (Å²) in [6.45, 7) is 7.90. The van der Waals surface area contributed by atoms with Crippen LogP contribution in [0.15, 0.2) is 12.2 Å². The van der Waals surface area contributed by atoms with Gasteiger partial charge in [-0.05, 0) is 12.8 Å². The van der Waals surface area contributed by atoms with Gasteiger partial charge >= 0.3 is 5.97 Å². The van der Waals surface area contributed by atoms with Crippen molar-refractivity contribution < 1.29 is 14.6 Å². The topological polar surface area (TPSA) is 46.5 Å². The van der Waals surface area contributed by atoms with E-state index in [4.69, 9.17) is 4.74 Å². The summed E-state index contributed by atoms with van der Waals surface area (Å²) < 4.78 is 4.73. The molecule has 82 valence electrons. The number of aliphatic hydroxyl groups is 1. The first-order chi connectivity index (χ1) is 6.49. The maximum Gasteiger partial charge on any atom is 0.330 e. The van der Waals surface area contributed by atoms with Crippen LogP contribution in [0.5, 0.6) is 0 Å². The molecule has 2 atom stereocenters. The second kappa shape index (κ2) is 6.60. The zero-order valence-corrected chi connectivity index (χ0v) is 9.36. The second-order valence-electron chi connectivity index (χ2n) is 3.70. The third-order valence-corrected chi connectivity index (χ3v) is 2.04. The number of esters is 1.